The molecule has 0 unspecified atom stereocenters. The molecule has 0 aliphatic heterocycles. The van der Waals surface area contributed by atoms with Gasteiger partial charge in [0.15, 0.2) is 0 Å². The van der Waals surface area contributed by atoms with Gasteiger partial charge in [0.1, 0.15) is 18.2 Å². The van der Waals surface area contributed by atoms with Crippen molar-refractivity contribution in [3.63, 3.8) is 0 Å². The van der Waals surface area contributed by atoms with Gasteiger partial charge in [-0.1, -0.05) is 61.5 Å². The lowest BCUT2D eigenvalue weighted by molar-refractivity contribution is -0.143. The molecule has 7 heteroatoms. The van der Waals surface area contributed by atoms with E-state index in [-0.39, 0.29) is 13.2 Å². The highest BCUT2D eigenvalue weighted by molar-refractivity contribution is 7.13. The second-order valence-corrected chi connectivity index (χ2v) is 7.24. The zero-order valence-electron chi connectivity index (χ0n) is 16.2. The van der Waals surface area contributed by atoms with Crippen LogP contribution in [0.4, 0.5) is 4.79 Å². The number of rotatable bonds is 8. The molecule has 0 radical (unpaired) electrons. The molecule has 0 saturated carbocycles. The molecule has 2 amide bonds. The van der Waals surface area contributed by atoms with E-state index in [1.165, 1.54) is 16.9 Å². The first-order valence-corrected chi connectivity index (χ1v) is 10.3. The molecule has 3 rings (SSSR count). The van der Waals surface area contributed by atoms with Crippen molar-refractivity contribution in [2.75, 3.05) is 6.54 Å². The minimum atomic E-state index is -0.512. The average Bonchev–Trinajstić information content (AvgIpc) is 3.24. The summed E-state index contributed by atoms with van der Waals surface area (Å²) in [6.07, 6.45) is 0.998. The lowest BCUT2D eigenvalue weighted by atomic mass is 10.1. The van der Waals surface area contributed by atoms with E-state index in [0.717, 1.165) is 22.6 Å². The molecule has 0 saturated heterocycles. The number of nitrogens with one attached hydrogen (secondary N) is 2. The van der Waals surface area contributed by atoms with Gasteiger partial charge in [0.2, 0.25) is 0 Å². The van der Waals surface area contributed by atoms with Crippen molar-refractivity contribution in [1.29, 1.82) is 0 Å². The van der Waals surface area contributed by atoms with Gasteiger partial charge >= 0.3 is 12.0 Å². The van der Waals surface area contributed by atoms with Crippen LogP contribution in [0.2, 0.25) is 0 Å². The summed E-state index contributed by atoms with van der Waals surface area (Å²) in [4.78, 5) is 28.1. The number of amides is 2. The minimum absolute atomic E-state index is 0.0791. The van der Waals surface area contributed by atoms with Gasteiger partial charge < -0.3 is 15.4 Å². The number of esters is 1. The third-order valence-electron chi connectivity index (χ3n) is 4.23. The van der Waals surface area contributed by atoms with Crippen molar-refractivity contribution in [3.8, 4) is 10.6 Å². The number of carbonyl (C=O) groups is 2. The molecule has 0 spiro atoms. The van der Waals surface area contributed by atoms with Crippen LogP contribution in [0.5, 0.6) is 0 Å². The first kappa shape index (κ1) is 20.5. The summed E-state index contributed by atoms with van der Waals surface area (Å²) in [6, 6.07) is 17.4. The molecule has 0 aliphatic carbocycles. The van der Waals surface area contributed by atoms with E-state index in [4.69, 9.17) is 4.74 Å². The zero-order valence-corrected chi connectivity index (χ0v) is 17.0. The molecule has 0 bridgehead atoms. The third kappa shape index (κ3) is 6.43. The summed E-state index contributed by atoms with van der Waals surface area (Å²) < 4.78 is 5.19. The number of carbonyl (C=O) groups excluding carboxylic acids is 2. The number of benzene rings is 2. The maximum atomic E-state index is 11.9. The van der Waals surface area contributed by atoms with Gasteiger partial charge in [-0.05, 0) is 17.5 Å². The second-order valence-electron chi connectivity index (χ2n) is 6.38. The second kappa shape index (κ2) is 10.4. The Hall–Kier alpha value is -3.19. The van der Waals surface area contributed by atoms with Crippen molar-refractivity contribution >= 4 is 23.3 Å². The number of thiazole rings is 1. The van der Waals surface area contributed by atoms with E-state index in [9.17, 15) is 9.59 Å². The predicted octanol–water partition coefficient (Wildman–Crippen LogP) is 3.92. The number of hydrogen-bond donors (Lipinski definition) is 2. The van der Waals surface area contributed by atoms with Gasteiger partial charge in [0, 0.05) is 17.5 Å². The molecule has 1 heterocycles. The van der Waals surface area contributed by atoms with Gasteiger partial charge in [-0.2, -0.15) is 0 Å². The Balaban J connectivity index is 1.39. The Bertz CT molecular complexity index is 939. The number of nitrogens with zero attached hydrogens (tertiary/aromatic N) is 1. The first-order chi connectivity index (χ1) is 14.1. The SMILES string of the molecule is CCc1ccc(-c2nc(COC(=O)CNC(=O)NCc3ccccc3)cs2)cc1. The lowest BCUT2D eigenvalue weighted by Gasteiger charge is -2.07. The zero-order chi connectivity index (χ0) is 20.5. The quantitative estimate of drug-likeness (QED) is 0.553. The summed E-state index contributed by atoms with van der Waals surface area (Å²) in [5.41, 5.74) is 3.99. The standard InChI is InChI=1S/C22H23N3O3S/c1-2-16-8-10-18(11-9-16)21-25-19(15-29-21)14-28-20(26)13-24-22(27)23-12-17-6-4-3-5-7-17/h3-11,15H,2,12-14H2,1H3,(H2,23,24,27). The van der Waals surface area contributed by atoms with Gasteiger partial charge in [0.05, 0.1) is 5.69 Å². The van der Waals surface area contributed by atoms with Gasteiger partial charge in [-0.25, -0.2) is 9.78 Å². The molecule has 2 aromatic carbocycles. The summed E-state index contributed by atoms with van der Waals surface area (Å²) in [5.74, 6) is -0.512. The number of hydrogen-bond acceptors (Lipinski definition) is 5. The molecule has 0 fully saturated rings. The van der Waals surface area contributed by atoms with Crippen LogP contribution in [-0.4, -0.2) is 23.5 Å². The molecular weight excluding hydrogens is 386 g/mol. The van der Waals surface area contributed by atoms with E-state index < -0.39 is 12.0 Å². The number of ether oxygens (including phenoxy) is 1. The molecular formula is C22H23N3O3S. The van der Waals surface area contributed by atoms with Crippen LogP contribution in [0, 0.1) is 0 Å². The number of aromatic nitrogens is 1. The monoisotopic (exact) mass is 409 g/mol. The van der Waals surface area contributed by atoms with Crippen LogP contribution in [0.15, 0.2) is 60.0 Å². The fourth-order valence-corrected chi connectivity index (χ4v) is 3.40. The molecule has 150 valence electrons. The Labute approximate surface area is 173 Å². The van der Waals surface area contributed by atoms with Crippen molar-refractivity contribution < 1.29 is 14.3 Å². The molecule has 6 nitrogen and oxygen atoms in total. The topological polar surface area (TPSA) is 80.3 Å². The third-order valence-corrected chi connectivity index (χ3v) is 5.17. The van der Waals surface area contributed by atoms with Crippen LogP contribution < -0.4 is 10.6 Å². The predicted molar refractivity (Wildman–Crippen MR) is 113 cm³/mol. The van der Waals surface area contributed by atoms with Crippen molar-refractivity contribution in [3.05, 3.63) is 76.8 Å². The highest BCUT2D eigenvalue weighted by Gasteiger charge is 2.09. The Morgan fingerprint density at radius 1 is 1.00 bits per heavy atom. The molecule has 1 aromatic heterocycles. The molecule has 29 heavy (non-hydrogen) atoms. The minimum Gasteiger partial charge on any atom is -0.458 e. The highest BCUT2D eigenvalue weighted by atomic mass is 32.1. The normalized spacial score (nSPS) is 10.4. The summed E-state index contributed by atoms with van der Waals surface area (Å²) in [6.45, 7) is 2.39. The molecule has 3 aromatic rings. The van der Waals surface area contributed by atoms with Crippen LogP contribution in [0.3, 0.4) is 0 Å². The fourth-order valence-electron chi connectivity index (χ4n) is 2.59. The highest BCUT2D eigenvalue weighted by Crippen LogP contribution is 2.24. The fraction of sp³-hybridized carbons (Fsp3) is 0.227. The van der Waals surface area contributed by atoms with E-state index in [2.05, 4.69) is 34.7 Å². The van der Waals surface area contributed by atoms with Crippen LogP contribution in [0.1, 0.15) is 23.7 Å². The van der Waals surface area contributed by atoms with Crippen molar-refractivity contribution in [2.24, 2.45) is 0 Å². The maximum absolute atomic E-state index is 11.9. The molecule has 0 atom stereocenters. The Kier molecular flexibility index (Phi) is 7.35. The molecule has 0 aliphatic rings. The van der Waals surface area contributed by atoms with Crippen molar-refractivity contribution in [1.82, 2.24) is 15.6 Å². The van der Waals surface area contributed by atoms with Crippen molar-refractivity contribution in [2.45, 2.75) is 26.5 Å². The van der Waals surface area contributed by atoms with Gasteiger partial charge in [-0.3, -0.25) is 4.79 Å². The summed E-state index contributed by atoms with van der Waals surface area (Å²) in [7, 11) is 0. The Morgan fingerprint density at radius 3 is 2.48 bits per heavy atom. The largest absolute Gasteiger partial charge is 0.458 e. The van der Waals surface area contributed by atoms with Crippen LogP contribution in [-0.2, 0) is 29.1 Å². The maximum Gasteiger partial charge on any atom is 0.325 e. The van der Waals surface area contributed by atoms with Gasteiger partial charge in [0.25, 0.3) is 0 Å². The summed E-state index contributed by atoms with van der Waals surface area (Å²) in [5, 5.41) is 7.94. The molecule has 2 N–H and O–H groups in total. The Morgan fingerprint density at radius 2 is 1.76 bits per heavy atom. The van der Waals surface area contributed by atoms with Gasteiger partial charge in [-0.15, -0.1) is 11.3 Å². The van der Waals surface area contributed by atoms with E-state index in [1.807, 2.05) is 47.8 Å². The van der Waals surface area contributed by atoms with Crippen LogP contribution in [0.25, 0.3) is 10.6 Å². The lowest BCUT2D eigenvalue weighted by Crippen LogP contribution is -2.38. The first-order valence-electron chi connectivity index (χ1n) is 9.39. The van der Waals surface area contributed by atoms with E-state index in [0.29, 0.717) is 12.2 Å². The number of urea groups is 1. The smallest absolute Gasteiger partial charge is 0.325 e. The van der Waals surface area contributed by atoms with E-state index in [1.54, 1.807) is 0 Å². The summed E-state index contributed by atoms with van der Waals surface area (Å²) >= 11 is 1.51. The van der Waals surface area contributed by atoms with E-state index >= 15 is 0 Å². The average molecular weight is 410 g/mol. The number of aryl methyl sites for hydroxylation is 1. The van der Waals surface area contributed by atoms with Crippen LogP contribution >= 0.6 is 11.3 Å².